The van der Waals surface area contributed by atoms with Crippen molar-refractivity contribution in [3.63, 3.8) is 0 Å². The van der Waals surface area contributed by atoms with Gasteiger partial charge in [-0.2, -0.15) is 0 Å². The lowest BCUT2D eigenvalue weighted by atomic mass is 10.0. The van der Waals surface area contributed by atoms with Crippen molar-refractivity contribution in [2.24, 2.45) is 0 Å². The Morgan fingerprint density at radius 3 is 2.57 bits per heavy atom. The molecule has 0 saturated carbocycles. The van der Waals surface area contributed by atoms with Crippen LogP contribution in [-0.4, -0.2) is 32.9 Å². The first-order valence-corrected chi connectivity index (χ1v) is 10.0. The minimum Gasteiger partial charge on any atom is -0.398 e. The van der Waals surface area contributed by atoms with Gasteiger partial charge in [0.25, 0.3) is 5.91 Å². The van der Waals surface area contributed by atoms with E-state index in [4.69, 9.17) is 17.3 Å². The topological polar surface area (TPSA) is 114 Å². The largest absolute Gasteiger partial charge is 0.398 e. The number of aromatic nitrogens is 3. The van der Waals surface area contributed by atoms with Gasteiger partial charge in [-0.15, -0.1) is 10.2 Å². The minimum absolute atomic E-state index is 0.0781. The maximum atomic E-state index is 12.6. The van der Waals surface area contributed by atoms with Gasteiger partial charge in [-0.25, -0.2) is 0 Å². The summed E-state index contributed by atoms with van der Waals surface area (Å²) in [6.45, 7) is 3.47. The number of aryl methyl sites for hydroxylation is 2. The number of hydrogen-bond acceptors (Lipinski definition) is 5. The summed E-state index contributed by atoms with van der Waals surface area (Å²) >= 11 is 5.92. The van der Waals surface area contributed by atoms with Crippen molar-refractivity contribution in [3.05, 3.63) is 75.8 Å². The van der Waals surface area contributed by atoms with E-state index in [0.29, 0.717) is 35.8 Å². The molecule has 0 unspecified atom stereocenters. The number of H-pyrrole nitrogens is 1. The van der Waals surface area contributed by atoms with Gasteiger partial charge in [-0.3, -0.25) is 9.59 Å². The smallest absolute Gasteiger partial charge is 0.289 e. The monoisotopic (exact) mass is 425 g/mol. The van der Waals surface area contributed by atoms with E-state index >= 15 is 0 Å². The normalized spacial score (nSPS) is 11.8. The highest BCUT2D eigenvalue weighted by molar-refractivity contribution is 6.30. The Bertz CT molecular complexity index is 1050. The number of nitrogens with one attached hydrogen (secondary N) is 2. The van der Waals surface area contributed by atoms with E-state index < -0.39 is 11.9 Å². The number of carbonyl (C=O) groups is 2. The number of nitrogens with two attached hydrogens (primary N) is 1. The fourth-order valence-corrected chi connectivity index (χ4v) is 3.26. The molecule has 1 aromatic heterocycles. The number of amides is 1. The van der Waals surface area contributed by atoms with Crippen molar-refractivity contribution in [3.8, 4) is 0 Å². The molecule has 8 heteroatoms. The molecule has 0 spiro atoms. The molecule has 3 rings (SSSR count). The summed E-state index contributed by atoms with van der Waals surface area (Å²) in [4.78, 5) is 27.5. The molecule has 0 fully saturated rings. The molecule has 0 aliphatic rings. The van der Waals surface area contributed by atoms with Crippen LogP contribution >= 0.6 is 11.6 Å². The molecule has 7 nitrogen and oxygen atoms in total. The predicted octanol–water partition coefficient (Wildman–Crippen LogP) is 3.26. The third kappa shape index (κ3) is 5.67. The van der Waals surface area contributed by atoms with E-state index in [0.717, 1.165) is 11.1 Å². The van der Waals surface area contributed by atoms with Gasteiger partial charge in [0.1, 0.15) is 5.82 Å². The number of aromatic amines is 1. The second-order valence-electron chi connectivity index (χ2n) is 7.30. The second-order valence-corrected chi connectivity index (χ2v) is 7.74. The number of nitrogens with zero attached hydrogens (tertiary/aromatic N) is 2. The summed E-state index contributed by atoms with van der Waals surface area (Å²) in [5.41, 5.74) is 9.64. The van der Waals surface area contributed by atoms with Crippen molar-refractivity contribution in [1.82, 2.24) is 20.5 Å². The predicted molar refractivity (Wildman–Crippen MR) is 116 cm³/mol. The molecule has 1 atom stereocenters. The lowest BCUT2D eigenvalue weighted by Crippen LogP contribution is -2.40. The molecular weight excluding hydrogens is 402 g/mol. The minimum atomic E-state index is -0.654. The van der Waals surface area contributed by atoms with Crippen LogP contribution in [0.15, 0.2) is 42.5 Å². The van der Waals surface area contributed by atoms with Crippen molar-refractivity contribution < 1.29 is 9.59 Å². The van der Waals surface area contributed by atoms with E-state index in [-0.39, 0.29) is 11.6 Å². The number of hydrogen-bond donors (Lipinski definition) is 3. The number of benzene rings is 2. The Hall–Kier alpha value is -3.19. The summed E-state index contributed by atoms with van der Waals surface area (Å²) in [7, 11) is 0. The third-order valence-corrected chi connectivity index (χ3v) is 5.08. The van der Waals surface area contributed by atoms with Crippen molar-refractivity contribution in [1.29, 1.82) is 0 Å². The van der Waals surface area contributed by atoms with Gasteiger partial charge in [-0.1, -0.05) is 47.5 Å². The quantitative estimate of drug-likeness (QED) is 0.479. The Morgan fingerprint density at radius 1 is 1.17 bits per heavy atom. The lowest BCUT2D eigenvalue weighted by molar-refractivity contribution is -0.118. The number of Topliss-reactive ketones (excluding diaryl/α,β-unsaturated/α-hetero) is 1. The zero-order valence-corrected chi connectivity index (χ0v) is 17.7. The SMILES string of the molecule is CC(=O)[C@H](CCc1ccc(Cl)cc1N)NC(=O)c1nnc(Cc2ccc(C)cc2)[nH]1. The molecule has 0 saturated heterocycles. The summed E-state index contributed by atoms with van der Waals surface area (Å²) < 4.78 is 0. The van der Waals surface area contributed by atoms with Crippen LogP contribution in [0.25, 0.3) is 0 Å². The molecule has 0 aliphatic heterocycles. The molecule has 1 amide bonds. The van der Waals surface area contributed by atoms with Crippen LogP contribution < -0.4 is 11.1 Å². The first kappa shape index (κ1) is 21.5. The number of halogens is 1. The molecule has 4 N–H and O–H groups in total. The van der Waals surface area contributed by atoms with Crippen molar-refractivity contribution in [2.45, 2.75) is 39.2 Å². The van der Waals surface area contributed by atoms with Crippen LogP contribution in [0, 0.1) is 6.92 Å². The van der Waals surface area contributed by atoms with Crippen LogP contribution in [-0.2, 0) is 17.6 Å². The van der Waals surface area contributed by atoms with Gasteiger partial charge in [0.2, 0.25) is 5.82 Å². The van der Waals surface area contributed by atoms with Crippen LogP contribution in [0.4, 0.5) is 5.69 Å². The van der Waals surface area contributed by atoms with Gasteiger partial charge in [0.15, 0.2) is 5.78 Å². The molecule has 0 aliphatic carbocycles. The number of nitrogen functional groups attached to an aromatic ring is 1. The molecule has 2 aromatic carbocycles. The van der Waals surface area contributed by atoms with E-state index in [1.165, 1.54) is 12.5 Å². The van der Waals surface area contributed by atoms with Gasteiger partial charge < -0.3 is 16.0 Å². The van der Waals surface area contributed by atoms with Gasteiger partial charge in [0.05, 0.1) is 6.04 Å². The van der Waals surface area contributed by atoms with Crippen molar-refractivity contribution >= 4 is 29.0 Å². The fourth-order valence-electron chi connectivity index (χ4n) is 3.08. The van der Waals surface area contributed by atoms with Crippen LogP contribution in [0.1, 0.15) is 46.5 Å². The maximum Gasteiger partial charge on any atom is 0.289 e. The van der Waals surface area contributed by atoms with Crippen LogP contribution in [0.3, 0.4) is 0 Å². The zero-order valence-electron chi connectivity index (χ0n) is 16.9. The summed E-state index contributed by atoms with van der Waals surface area (Å²) in [6, 6.07) is 12.6. The number of ketones is 1. The summed E-state index contributed by atoms with van der Waals surface area (Å²) in [5, 5.41) is 11.2. The first-order chi connectivity index (χ1) is 14.3. The zero-order chi connectivity index (χ0) is 21.7. The highest BCUT2D eigenvalue weighted by Gasteiger charge is 2.21. The fraction of sp³-hybridized carbons (Fsp3) is 0.273. The van der Waals surface area contributed by atoms with Crippen LogP contribution in [0.5, 0.6) is 0 Å². The number of carbonyl (C=O) groups excluding carboxylic acids is 2. The third-order valence-electron chi connectivity index (χ3n) is 4.85. The first-order valence-electron chi connectivity index (χ1n) is 9.64. The Labute approximate surface area is 180 Å². The lowest BCUT2D eigenvalue weighted by Gasteiger charge is -2.15. The highest BCUT2D eigenvalue weighted by Crippen LogP contribution is 2.20. The Balaban J connectivity index is 1.61. The average molecular weight is 426 g/mol. The van der Waals surface area contributed by atoms with Gasteiger partial charge >= 0.3 is 0 Å². The van der Waals surface area contributed by atoms with Crippen molar-refractivity contribution in [2.75, 3.05) is 5.73 Å². The van der Waals surface area contributed by atoms with E-state index in [1.807, 2.05) is 37.3 Å². The molecule has 0 radical (unpaired) electrons. The molecule has 1 heterocycles. The molecule has 0 bridgehead atoms. The summed E-state index contributed by atoms with van der Waals surface area (Å²) in [6.07, 6.45) is 1.48. The van der Waals surface area contributed by atoms with E-state index in [9.17, 15) is 9.59 Å². The van der Waals surface area contributed by atoms with Gasteiger partial charge in [-0.05, 0) is 49.9 Å². The summed E-state index contributed by atoms with van der Waals surface area (Å²) in [5.74, 6) is 0.0453. The van der Waals surface area contributed by atoms with E-state index in [1.54, 1.807) is 12.1 Å². The molecular formula is C22H24ClN5O2. The average Bonchev–Trinajstić information content (AvgIpc) is 3.16. The Morgan fingerprint density at radius 2 is 1.90 bits per heavy atom. The molecule has 30 heavy (non-hydrogen) atoms. The number of anilines is 1. The Kier molecular flexibility index (Phi) is 6.84. The molecule has 3 aromatic rings. The molecule has 156 valence electrons. The van der Waals surface area contributed by atoms with Crippen LogP contribution in [0.2, 0.25) is 5.02 Å². The standard InChI is InChI=1S/C22H24ClN5O2/c1-13-3-5-15(6-4-13)11-20-26-21(28-27-20)22(30)25-19(14(2)29)10-8-16-7-9-17(23)12-18(16)24/h3-7,9,12,19H,8,10-11,24H2,1-2H3,(H,25,30)(H,26,27,28)/t19-/m0/s1. The highest BCUT2D eigenvalue weighted by atomic mass is 35.5. The van der Waals surface area contributed by atoms with Gasteiger partial charge in [0, 0.05) is 17.1 Å². The van der Waals surface area contributed by atoms with E-state index in [2.05, 4.69) is 20.5 Å². The number of rotatable bonds is 8. The second kappa shape index (κ2) is 9.54. The maximum absolute atomic E-state index is 12.6.